The molecule has 8 heteroatoms. The summed E-state index contributed by atoms with van der Waals surface area (Å²) in [6.07, 6.45) is 0. The lowest BCUT2D eigenvalue weighted by Gasteiger charge is -1.98. The Balaban J connectivity index is 2.16. The van der Waals surface area contributed by atoms with E-state index in [4.69, 9.17) is 4.74 Å². The molecule has 0 spiro atoms. The molecule has 4 rings (SSSR count). The Morgan fingerprint density at radius 3 is 3.05 bits per heavy atom. The Morgan fingerprint density at radius 2 is 2.23 bits per heavy atom. The van der Waals surface area contributed by atoms with E-state index in [0.717, 1.165) is 10.1 Å². The van der Waals surface area contributed by atoms with E-state index in [1.54, 1.807) is 11.4 Å². The van der Waals surface area contributed by atoms with E-state index in [1.165, 1.54) is 11.3 Å². The zero-order valence-corrected chi connectivity index (χ0v) is 12.3. The molecule has 0 saturated carbocycles. The Bertz CT molecular complexity index is 1090. The average Bonchev–Trinajstić information content (AvgIpc) is 3.08. The van der Waals surface area contributed by atoms with Crippen LogP contribution in [0.3, 0.4) is 0 Å². The van der Waals surface area contributed by atoms with Crippen molar-refractivity contribution in [3.63, 3.8) is 0 Å². The molecular formula is C14H10N4O3S. The molecule has 110 valence electrons. The summed E-state index contributed by atoms with van der Waals surface area (Å²) in [4.78, 5) is 28.2. The van der Waals surface area contributed by atoms with Crippen LogP contribution in [0.4, 0.5) is 0 Å². The summed E-state index contributed by atoms with van der Waals surface area (Å²) in [5.41, 5.74) is 0.498. The van der Waals surface area contributed by atoms with Crippen molar-refractivity contribution in [1.82, 2.24) is 19.8 Å². The van der Waals surface area contributed by atoms with E-state index in [-0.39, 0.29) is 23.5 Å². The first kappa shape index (κ1) is 13.0. The van der Waals surface area contributed by atoms with Gasteiger partial charge in [-0.15, -0.1) is 16.4 Å². The Hall–Kier alpha value is -2.74. The van der Waals surface area contributed by atoms with Gasteiger partial charge >= 0.3 is 5.97 Å². The first-order chi connectivity index (χ1) is 10.7. The van der Waals surface area contributed by atoms with E-state index in [0.29, 0.717) is 10.2 Å². The van der Waals surface area contributed by atoms with Crippen LogP contribution < -0.4 is 5.56 Å². The minimum atomic E-state index is -0.605. The number of hydrogen-bond donors (Lipinski definition) is 1. The topological polar surface area (TPSA) is 89.3 Å². The maximum absolute atomic E-state index is 12.3. The second-order valence-corrected chi connectivity index (χ2v) is 5.69. The summed E-state index contributed by atoms with van der Waals surface area (Å²) >= 11 is 1.37. The minimum absolute atomic E-state index is 0.0103. The first-order valence-corrected chi connectivity index (χ1v) is 7.48. The number of aromatic nitrogens is 4. The van der Waals surface area contributed by atoms with Crippen LogP contribution in [0.5, 0.6) is 0 Å². The summed E-state index contributed by atoms with van der Waals surface area (Å²) in [5.74, 6) is -0.605. The molecule has 0 radical (unpaired) electrons. The third-order valence-corrected chi connectivity index (χ3v) is 4.50. The van der Waals surface area contributed by atoms with Crippen molar-refractivity contribution in [2.24, 2.45) is 0 Å². The highest BCUT2D eigenvalue weighted by Crippen LogP contribution is 2.31. The molecule has 1 aromatic carbocycles. The number of hydrogen-bond acceptors (Lipinski definition) is 6. The van der Waals surface area contributed by atoms with Gasteiger partial charge in [0.15, 0.2) is 5.65 Å². The zero-order valence-electron chi connectivity index (χ0n) is 11.5. The molecule has 0 aliphatic heterocycles. The van der Waals surface area contributed by atoms with Crippen molar-refractivity contribution < 1.29 is 9.53 Å². The third-order valence-electron chi connectivity index (χ3n) is 3.35. The molecule has 0 aliphatic carbocycles. The average molecular weight is 314 g/mol. The van der Waals surface area contributed by atoms with Gasteiger partial charge in [0.25, 0.3) is 5.56 Å². The van der Waals surface area contributed by atoms with Crippen molar-refractivity contribution in [1.29, 1.82) is 0 Å². The normalized spacial score (nSPS) is 11.5. The van der Waals surface area contributed by atoms with E-state index in [9.17, 15) is 9.59 Å². The molecule has 0 aliphatic rings. The van der Waals surface area contributed by atoms with Crippen LogP contribution in [0, 0.1) is 0 Å². The fourth-order valence-electron chi connectivity index (χ4n) is 2.44. The van der Waals surface area contributed by atoms with Gasteiger partial charge in [-0.2, -0.15) is 4.98 Å². The number of carbonyl (C=O) groups excluding carboxylic acids is 1. The standard InChI is InChI=1S/C14H10N4O3S/c1-2-21-14(20)9-12-15-13(19)11-10(18(12)17-16-9)7-5-3-4-6-8(7)22-11/h3-6,17H,2H2,1H3. The van der Waals surface area contributed by atoms with Crippen LogP contribution in [0.25, 0.3) is 25.9 Å². The molecule has 0 fully saturated rings. The van der Waals surface area contributed by atoms with Gasteiger partial charge < -0.3 is 4.74 Å². The fourth-order valence-corrected chi connectivity index (χ4v) is 3.52. The van der Waals surface area contributed by atoms with Crippen LogP contribution in [-0.4, -0.2) is 32.4 Å². The van der Waals surface area contributed by atoms with Crippen molar-refractivity contribution in [2.45, 2.75) is 6.92 Å². The molecule has 3 aromatic heterocycles. The summed E-state index contributed by atoms with van der Waals surface area (Å²) in [7, 11) is 0. The largest absolute Gasteiger partial charge is 0.461 e. The number of benzene rings is 1. The smallest absolute Gasteiger partial charge is 0.362 e. The van der Waals surface area contributed by atoms with Crippen LogP contribution in [0.15, 0.2) is 29.1 Å². The molecule has 0 saturated heterocycles. The SMILES string of the molecule is CCOC(=O)c1n[nH]n2c1nc(=O)c1sc3ccccc3c12. The number of ether oxygens (including phenoxy) is 1. The fraction of sp³-hybridized carbons (Fsp3) is 0.143. The number of nitrogens with zero attached hydrogens (tertiary/aromatic N) is 3. The number of nitrogens with one attached hydrogen (secondary N) is 1. The summed E-state index contributed by atoms with van der Waals surface area (Å²) in [6, 6.07) is 7.67. The molecule has 3 heterocycles. The second-order valence-electron chi connectivity index (χ2n) is 4.63. The lowest BCUT2D eigenvalue weighted by atomic mass is 10.2. The lowest BCUT2D eigenvalue weighted by molar-refractivity contribution is 0.0521. The highest BCUT2D eigenvalue weighted by atomic mass is 32.1. The summed E-state index contributed by atoms with van der Waals surface area (Å²) in [6.45, 7) is 1.93. The van der Waals surface area contributed by atoms with Crippen LogP contribution in [0.2, 0.25) is 0 Å². The summed E-state index contributed by atoms with van der Waals surface area (Å²) < 4.78 is 8.00. The minimum Gasteiger partial charge on any atom is -0.461 e. The van der Waals surface area contributed by atoms with Gasteiger partial charge in [0.2, 0.25) is 5.69 Å². The highest BCUT2D eigenvalue weighted by Gasteiger charge is 2.21. The third kappa shape index (κ3) is 1.67. The molecular weight excluding hydrogens is 304 g/mol. The second kappa shape index (κ2) is 4.63. The Kier molecular flexibility index (Phi) is 2.73. The van der Waals surface area contributed by atoms with Gasteiger partial charge in [0.1, 0.15) is 4.70 Å². The van der Waals surface area contributed by atoms with Crippen LogP contribution in [0.1, 0.15) is 17.4 Å². The summed E-state index contributed by atoms with van der Waals surface area (Å²) in [5, 5.41) is 7.62. The molecule has 0 amide bonds. The number of esters is 1. The van der Waals surface area contributed by atoms with Crippen molar-refractivity contribution >= 4 is 43.3 Å². The highest BCUT2D eigenvalue weighted by molar-refractivity contribution is 7.25. The van der Waals surface area contributed by atoms with Gasteiger partial charge in [-0.3, -0.25) is 4.79 Å². The lowest BCUT2D eigenvalue weighted by Crippen LogP contribution is -2.11. The maximum Gasteiger partial charge on any atom is 0.362 e. The Labute approximate surface area is 127 Å². The number of rotatable bonds is 2. The molecule has 22 heavy (non-hydrogen) atoms. The van der Waals surface area contributed by atoms with E-state index >= 15 is 0 Å². The molecule has 0 bridgehead atoms. The number of H-pyrrole nitrogens is 1. The van der Waals surface area contributed by atoms with Gasteiger partial charge in [0, 0.05) is 10.1 Å². The molecule has 0 unspecified atom stereocenters. The number of aromatic amines is 1. The molecule has 1 N–H and O–H groups in total. The quantitative estimate of drug-likeness (QED) is 0.571. The van der Waals surface area contributed by atoms with Crippen LogP contribution >= 0.6 is 11.3 Å². The van der Waals surface area contributed by atoms with E-state index in [2.05, 4.69) is 15.3 Å². The van der Waals surface area contributed by atoms with Crippen molar-refractivity contribution in [3.8, 4) is 0 Å². The van der Waals surface area contributed by atoms with Crippen molar-refractivity contribution in [2.75, 3.05) is 6.61 Å². The predicted molar refractivity (Wildman–Crippen MR) is 82.5 cm³/mol. The zero-order chi connectivity index (χ0) is 15.3. The monoisotopic (exact) mass is 314 g/mol. The van der Waals surface area contributed by atoms with E-state index < -0.39 is 5.97 Å². The van der Waals surface area contributed by atoms with E-state index in [1.807, 2.05) is 24.3 Å². The predicted octanol–water partition coefficient (Wildman–Crippen LogP) is 1.96. The van der Waals surface area contributed by atoms with Gasteiger partial charge in [-0.05, 0) is 13.0 Å². The van der Waals surface area contributed by atoms with Crippen molar-refractivity contribution in [3.05, 3.63) is 40.3 Å². The first-order valence-electron chi connectivity index (χ1n) is 6.66. The number of thiophene rings is 1. The maximum atomic E-state index is 12.3. The van der Waals surface area contributed by atoms with Gasteiger partial charge in [0.05, 0.1) is 12.1 Å². The molecule has 0 atom stereocenters. The van der Waals surface area contributed by atoms with Gasteiger partial charge in [-0.25, -0.2) is 14.5 Å². The Morgan fingerprint density at radius 1 is 1.41 bits per heavy atom. The number of fused-ring (bicyclic) bond motifs is 5. The van der Waals surface area contributed by atoms with Crippen LogP contribution in [-0.2, 0) is 4.74 Å². The number of carbonyl (C=O) groups is 1. The molecule has 4 aromatic rings. The molecule has 7 nitrogen and oxygen atoms in total. The van der Waals surface area contributed by atoms with Gasteiger partial charge in [-0.1, -0.05) is 18.2 Å².